The third-order valence-corrected chi connectivity index (χ3v) is 8.48. The molecule has 0 unspecified atom stereocenters. The van der Waals surface area contributed by atoms with Gasteiger partial charge in [0.25, 0.3) is 0 Å². The van der Waals surface area contributed by atoms with Gasteiger partial charge in [-0.2, -0.15) is 0 Å². The van der Waals surface area contributed by atoms with E-state index >= 15 is 0 Å². The van der Waals surface area contributed by atoms with Crippen LogP contribution >= 0.6 is 62.3 Å². The van der Waals surface area contributed by atoms with Crippen LogP contribution in [0.4, 0.5) is 5.69 Å². The lowest BCUT2D eigenvalue weighted by Crippen LogP contribution is -2.29. The summed E-state index contributed by atoms with van der Waals surface area (Å²) in [5.41, 5.74) is 3.74. The molecule has 0 saturated carbocycles. The van der Waals surface area contributed by atoms with Gasteiger partial charge in [-0.05, 0) is 58.1 Å². The van der Waals surface area contributed by atoms with Crippen LogP contribution in [0.1, 0.15) is 35.1 Å². The van der Waals surface area contributed by atoms with Crippen LogP contribution in [0, 0.1) is 5.92 Å². The summed E-state index contributed by atoms with van der Waals surface area (Å²) in [5.74, 6) is 1.63. The molecule has 1 aliphatic carbocycles. The minimum atomic E-state index is -0.00920. The number of hydrogen-bond donors (Lipinski definition) is 1. The lowest BCUT2D eigenvalue weighted by atomic mass is 9.77. The lowest BCUT2D eigenvalue weighted by Gasteiger charge is -2.38. The molecule has 176 valence electrons. The molecule has 3 aromatic rings. The molecule has 0 bridgehead atoms. The standard InChI is InChI=1S/C26H20BrCl4NO2/c1-33-21-10-14(9-17(27)26(21)34-12-13-5-2-3-8-18(13)28)24-16-7-4-6-15(16)22-23(31)19(29)11-20(30)25(22)32-24/h2-6,8-11,15-16,24,32H,7,12H2,1H3/t15-,16-,24+/m1/s1. The van der Waals surface area contributed by atoms with E-state index in [0.717, 1.165) is 33.3 Å². The number of halogens is 5. The molecule has 0 fully saturated rings. The lowest BCUT2D eigenvalue weighted by molar-refractivity contribution is 0.282. The highest BCUT2D eigenvalue weighted by Gasteiger charge is 2.41. The highest BCUT2D eigenvalue weighted by Crippen LogP contribution is 2.55. The quantitative estimate of drug-likeness (QED) is 0.234. The average molecular weight is 600 g/mol. The van der Waals surface area contributed by atoms with Crippen LogP contribution in [-0.4, -0.2) is 7.11 Å². The first kappa shape index (κ1) is 24.1. The van der Waals surface area contributed by atoms with Crippen molar-refractivity contribution in [3.8, 4) is 11.5 Å². The molecule has 0 aromatic heterocycles. The highest BCUT2D eigenvalue weighted by atomic mass is 79.9. The Hall–Kier alpha value is -1.56. The van der Waals surface area contributed by atoms with Gasteiger partial charge in [-0.3, -0.25) is 0 Å². The largest absolute Gasteiger partial charge is 0.493 e. The maximum atomic E-state index is 6.62. The van der Waals surface area contributed by atoms with E-state index in [9.17, 15) is 0 Å². The predicted molar refractivity (Wildman–Crippen MR) is 144 cm³/mol. The molecular weight excluding hydrogens is 580 g/mol. The molecule has 3 nitrogen and oxygen atoms in total. The van der Waals surface area contributed by atoms with E-state index in [1.807, 2.05) is 30.3 Å². The highest BCUT2D eigenvalue weighted by molar-refractivity contribution is 9.10. The molecule has 0 saturated heterocycles. The van der Waals surface area contributed by atoms with Crippen LogP contribution < -0.4 is 14.8 Å². The molecule has 0 spiro atoms. The molecule has 1 heterocycles. The van der Waals surface area contributed by atoms with Gasteiger partial charge in [-0.15, -0.1) is 0 Å². The fourth-order valence-corrected chi connectivity index (χ4v) is 6.39. The molecule has 2 aliphatic rings. The van der Waals surface area contributed by atoms with Crippen LogP contribution in [0.3, 0.4) is 0 Å². The van der Waals surface area contributed by atoms with E-state index in [1.165, 1.54) is 0 Å². The molecule has 3 aromatic carbocycles. The first-order valence-electron chi connectivity index (χ1n) is 10.7. The Bertz CT molecular complexity index is 1300. The molecule has 1 aliphatic heterocycles. The molecule has 5 rings (SSSR count). The minimum Gasteiger partial charge on any atom is -0.493 e. The first-order valence-corrected chi connectivity index (χ1v) is 13.0. The van der Waals surface area contributed by atoms with Gasteiger partial charge in [-0.25, -0.2) is 0 Å². The smallest absolute Gasteiger partial charge is 0.175 e. The summed E-state index contributed by atoms with van der Waals surface area (Å²) in [6, 6.07) is 13.4. The van der Waals surface area contributed by atoms with Crippen LogP contribution in [-0.2, 0) is 6.61 Å². The van der Waals surface area contributed by atoms with Crippen molar-refractivity contribution in [1.29, 1.82) is 0 Å². The average Bonchev–Trinajstić information content (AvgIpc) is 3.31. The number of rotatable bonds is 5. The van der Waals surface area contributed by atoms with E-state index in [4.69, 9.17) is 55.9 Å². The predicted octanol–water partition coefficient (Wildman–Crippen LogP) is 9.48. The van der Waals surface area contributed by atoms with Crippen molar-refractivity contribution in [1.82, 2.24) is 0 Å². The molecule has 1 N–H and O–H groups in total. The van der Waals surface area contributed by atoms with E-state index < -0.39 is 0 Å². The molecule has 3 atom stereocenters. The monoisotopic (exact) mass is 597 g/mol. The van der Waals surface area contributed by atoms with Crippen molar-refractivity contribution in [2.45, 2.75) is 25.0 Å². The van der Waals surface area contributed by atoms with E-state index in [2.05, 4.69) is 39.5 Å². The second-order valence-electron chi connectivity index (χ2n) is 8.33. The molecule has 0 amide bonds. The van der Waals surface area contributed by atoms with Crippen LogP contribution in [0.2, 0.25) is 20.1 Å². The fraction of sp³-hybridized carbons (Fsp3) is 0.231. The molecule has 8 heteroatoms. The number of ether oxygens (including phenoxy) is 2. The zero-order chi connectivity index (χ0) is 24.0. The Labute approximate surface area is 227 Å². The van der Waals surface area contributed by atoms with Gasteiger partial charge in [0.05, 0.1) is 38.4 Å². The van der Waals surface area contributed by atoms with Crippen LogP contribution in [0.5, 0.6) is 11.5 Å². The van der Waals surface area contributed by atoms with Crippen LogP contribution in [0.15, 0.2) is 59.1 Å². The number of hydrogen-bond acceptors (Lipinski definition) is 3. The second kappa shape index (κ2) is 9.83. The van der Waals surface area contributed by atoms with Gasteiger partial charge < -0.3 is 14.8 Å². The van der Waals surface area contributed by atoms with Crippen molar-refractivity contribution < 1.29 is 9.47 Å². The number of methoxy groups -OCH3 is 1. The summed E-state index contributed by atoms with van der Waals surface area (Å²) in [4.78, 5) is 0. The maximum Gasteiger partial charge on any atom is 0.175 e. The molecule has 34 heavy (non-hydrogen) atoms. The first-order chi connectivity index (χ1) is 16.4. The Balaban J connectivity index is 1.50. The topological polar surface area (TPSA) is 30.5 Å². The summed E-state index contributed by atoms with van der Waals surface area (Å²) < 4.78 is 12.6. The Morgan fingerprint density at radius 3 is 2.59 bits per heavy atom. The zero-order valence-electron chi connectivity index (χ0n) is 18.0. The maximum absolute atomic E-state index is 6.62. The minimum absolute atomic E-state index is 0.00920. The number of nitrogens with one attached hydrogen (secondary N) is 1. The molecular formula is C26H20BrCl4NO2. The van der Waals surface area contributed by atoms with Crippen molar-refractivity contribution >= 4 is 68.0 Å². The van der Waals surface area contributed by atoms with Crippen molar-refractivity contribution in [2.24, 2.45) is 5.92 Å². The normalized spacial score (nSPS) is 20.5. The summed E-state index contributed by atoms with van der Waals surface area (Å²) in [6.07, 6.45) is 5.30. The van der Waals surface area contributed by atoms with Gasteiger partial charge >= 0.3 is 0 Å². The SMILES string of the molecule is COc1cc([C@@H]2Nc3c(Cl)cc(Cl)c(Cl)c3[C@@H]3C=CC[C@H]32)cc(Br)c1OCc1ccccc1Cl. The fourth-order valence-electron chi connectivity index (χ4n) is 4.82. The van der Waals surface area contributed by atoms with E-state index in [-0.39, 0.29) is 17.9 Å². The van der Waals surface area contributed by atoms with Gasteiger partial charge in [-0.1, -0.05) is 76.8 Å². The summed E-state index contributed by atoms with van der Waals surface area (Å²) >= 11 is 29.5. The Morgan fingerprint density at radius 1 is 1.03 bits per heavy atom. The molecule has 0 radical (unpaired) electrons. The van der Waals surface area contributed by atoms with Gasteiger partial charge in [0, 0.05) is 22.1 Å². The van der Waals surface area contributed by atoms with Crippen molar-refractivity contribution in [2.75, 3.05) is 12.4 Å². The number of benzene rings is 3. The summed E-state index contributed by atoms with van der Waals surface area (Å²) in [5, 5.41) is 5.87. The second-order valence-corrected chi connectivity index (χ2v) is 10.8. The zero-order valence-corrected chi connectivity index (χ0v) is 22.7. The van der Waals surface area contributed by atoms with Crippen molar-refractivity contribution in [3.63, 3.8) is 0 Å². The third-order valence-electron chi connectivity index (χ3n) is 6.42. The summed E-state index contributed by atoms with van der Waals surface area (Å²) in [6.45, 7) is 0.326. The number of allylic oxidation sites excluding steroid dienone is 2. The Kier molecular flexibility index (Phi) is 6.98. The van der Waals surface area contributed by atoms with Crippen LogP contribution in [0.25, 0.3) is 0 Å². The number of fused-ring (bicyclic) bond motifs is 3. The van der Waals surface area contributed by atoms with E-state index in [1.54, 1.807) is 13.2 Å². The van der Waals surface area contributed by atoms with Gasteiger partial charge in [0.15, 0.2) is 11.5 Å². The van der Waals surface area contributed by atoms with Crippen molar-refractivity contribution in [3.05, 3.63) is 95.9 Å². The van der Waals surface area contributed by atoms with Gasteiger partial charge in [0.1, 0.15) is 6.61 Å². The Morgan fingerprint density at radius 2 is 1.82 bits per heavy atom. The van der Waals surface area contributed by atoms with E-state index in [0.29, 0.717) is 38.2 Å². The third kappa shape index (κ3) is 4.29. The number of anilines is 1. The summed E-state index contributed by atoms with van der Waals surface area (Å²) in [7, 11) is 1.63. The van der Waals surface area contributed by atoms with Gasteiger partial charge in [0.2, 0.25) is 0 Å².